The molecule has 0 radical (unpaired) electrons. The summed E-state index contributed by atoms with van der Waals surface area (Å²) >= 11 is 0. The molecular weight excluding hydrogens is 362 g/mol. The first-order chi connectivity index (χ1) is 12.4. The third-order valence-corrected chi connectivity index (χ3v) is 6.08. The molecule has 150 valence electrons. The smallest absolute Gasteiger partial charge is 0.232 e. The zero-order chi connectivity index (χ0) is 18.7. The second kappa shape index (κ2) is 9.07. The standard InChI is InChI=1S/C21H31N3O2.ClH/c1-15(2)24(16(3)25)13-17-7-9-19(10-8-17)23-20(26)21-11-5-4-6-18(21)12-22-14-21;/h7-10,15,18,22H,4-6,11-14H2,1-3H3,(H,23,26);1H/t18-,21+;/m0./s1. The molecule has 1 aliphatic heterocycles. The number of halogens is 1. The maximum Gasteiger partial charge on any atom is 0.232 e. The normalized spacial score (nSPS) is 24.1. The van der Waals surface area contributed by atoms with Gasteiger partial charge >= 0.3 is 0 Å². The number of carbonyl (C=O) groups excluding carboxylic acids is 2. The van der Waals surface area contributed by atoms with Gasteiger partial charge in [-0.15, -0.1) is 12.4 Å². The Morgan fingerprint density at radius 2 is 1.96 bits per heavy atom. The van der Waals surface area contributed by atoms with Crippen LogP contribution in [0.1, 0.15) is 52.0 Å². The lowest BCUT2D eigenvalue weighted by Crippen LogP contribution is -2.44. The lowest BCUT2D eigenvalue weighted by atomic mass is 9.67. The molecule has 6 heteroatoms. The Bertz CT molecular complexity index is 662. The molecule has 2 fully saturated rings. The average molecular weight is 394 g/mol. The van der Waals surface area contributed by atoms with Gasteiger partial charge in [-0.1, -0.05) is 25.0 Å². The second-order valence-corrected chi connectivity index (χ2v) is 8.12. The van der Waals surface area contributed by atoms with Gasteiger partial charge in [0.1, 0.15) is 0 Å². The molecule has 2 N–H and O–H groups in total. The van der Waals surface area contributed by atoms with Crippen molar-refractivity contribution in [3.63, 3.8) is 0 Å². The maximum absolute atomic E-state index is 13.0. The maximum atomic E-state index is 13.0. The summed E-state index contributed by atoms with van der Waals surface area (Å²) in [6, 6.07) is 8.06. The zero-order valence-corrected chi connectivity index (χ0v) is 17.4. The Kier molecular flexibility index (Phi) is 7.29. The van der Waals surface area contributed by atoms with E-state index in [1.54, 1.807) is 6.92 Å². The van der Waals surface area contributed by atoms with E-state index < -0.39 is 0 Å². The predicted molar refractivity (Wildman–Crippen MR) is 111 cm³/mol. The minimum atomic E-state index is -0.236. The van der Waals surface area contributed by atoms with Gasteiger partial charge in [-0.3, -0.25) is 9.59 Å². The van der Waals surface area contributed by atoms with Crippen LogP contribution >= 0.6 is 12.4 Å². The van der Waals surface area contributed by atoms with Crippen molar-refractivity contribution in [1.82, 2.24) is 10.2 Å². The molecule has 1 saturated carbocycles. The first-order valence-corrected chi connectivity index (χ1v) is 9.81. The van der Waals surface area contributed by atoms with Crippen molar-refractivity contribution >= 4 is 29.9 Å². The van der Waals surface area contributed by atoms with E-state index in [2.05, 4.69) is 10.6 Å². The number of nitrogens with zero attached hydrogens (tertiary/aromatic N) is 1. The van der Waals surface area contributed by atoms with Crippen molar-refractivity contribution in [1.29, 1.82) is 0 Å². The van der Waals surface area contributed by atoms with Gasteiger partial charge in [-0.2, -0.15) is 0 Å². The molecule has 1 aromatic rings. The van der Waals surface area contributed by atoms with E-state index in [-0.39, 0.29) is 35.7 Å². The Morgan fingerprint density at radius 1 is 1.26 bits per heavy atom. The number of hydrogen-bond acceptors (Lipinski definition) is 3. The summed E-state index contributed by atoms with van der Waals surface area (Å²) in [5, 5.41) is 6.57. The molecule has 27 heavy (non-hydrogen) atoms. The van der Waals surface area contributed by atoms with E-state index in [4.69, 9.17) is 0 Å². The van der Waals surface area contributed by atoms with Crippen LogP contribution in [-0.4, -0.2) is 35.8 Å². The lowest BCUT2D eigenvalue weighted by Gasteiger charge is -2.37. The second-order valence-electron chi connectivity index (χ2n) is 8.12. The summed E-state index contributed by atoms with van der Waals surface area (Å²) in [7, 11) is 0. The first-order valence-electron chi connectivity index (χ1n) is 9.81. The molecule has 2 aliphatic rings. The van der Waals surface area contributed by atoms with Crippen LogP contribution in [0.3, 0.4) is 0 Å². The molecule has 1 aromatic carbocycles. The van der Waals surface area contributed by atoms with Gasteiger partial charge in [0, 0.05) is 31.7 Å². The number of fused-ring (bicyclic) bond motifs is 1. The molecule has 2 atom stereocenters. The van der Waals surface area contributed by atoms with Gasteiger partial charge in [0.2, 0.25) is 11.8 Å². The van der Waals surface area contributed by atoms with Crippen LogP contribution in [0, 0.1) is 11.3 Å². The largest absolute Gasteiger partial charge is 0.336 e. The third kappa shape index (κ3) is 4.64. The summed E-state index contributed by atoms with van der Waals surface area (Å²) in [5.41, 5.74) is 1.67. The SMILES string of the molecule is CC(=O)N(Cc1ccc(NC(=O)[C@@]23CCCC[C@H]2CNC3)cc1)C(C)C.Cl. The third-order valence-electron chi connectivity index (χ3n) is 6.08. The number of carbonyl (C=O) groups is 2. The molecule has 0 spiro atoms. The summed E-state index contributed by atoms with van der Waals surface area (Å²) < 4.78 is 0. The fourth-order valence-corrected chi connectivity index (χ4v) is 4.49. The molecule has 1 heterocycles. The fraction of sp³-hybridized carbons (Fsp3) is 0.619. The van der Waals surface area contributed by atoms with Gasteiger partial charge in [0.25, 0.3) is 0 Å². The molecule has 0 bridgehead atoms. The van der Waals surface area contributed by atoms with E-state index in [0.717, 1.165) is 43.6 Å². The van der Waals surface area contributed by atoms with Crippen LogP contribution in [0.5, 0.6) is 0 Å². The number of hydrogen-bond donors (Lipinski definition) is 2. The van der Waals surface area contributed by atoms with Crippen molar-refractivity contribution in [2.45, 2.75) is 59.0 Å². The van der Waals surface area contributed by atoms with Crippen LogP contribution < -0.4 is 10.6 Å². The van der Waals surface area contributed by atoms with Crippen molar-refractivity contribution in [2.75, 3.05) is 18.4 Å². The van der Waals surface area contributed by atoms with E-state index >= 15 is 0 Å². The minimum absolute atomic E-state index is 0. The topological polar surface area (TPSA) is 61.4 Å². The molecular formula is C21H32ClN3O2. The number of nitrogens with one attached hydrogen (secondary N) is 2. The highest BCUT2D eigenvalue weighted by Crippen LogP contribution is 2.44. The summed E-state index contributed by atoms with van der Waals surface area (Å²) in [6.45, 7) is 7.99. The van der Waals surface area contributed by atoms with Gasteiger partial charge in [0.15, 0.2) is 0 Å². The molecule has 0 unspecified atom stereocenters. The molecule has 0 aromatic heterocycles. The first kappa shape index (κ1) is 21.7. The monoisotopic (exact) mass is 393 g/mol. The molecule has 3 rings (SSSR count). The molecule has 5 nitrogen and oxygen atoms in total. The number of amides is 2. The van der Waals surface area contributed by atoms with Crippen molar-refractivity contribution < 1.29 is 9.59 Å². The molecule has 2 amide bonds. The van der Waals surface area contributed by atoms with Gasteiger partial charge in [-0.05, 0) is 56.8 Å². The quantitative estimate of drug-likeness (QED) is 0.803. The molecule has 1 saturated heterocycles. The van der Waals surface area contributed by atoms with E-state index in [0.29, 0.717) is 12.5 Å². The Balaban J connectivity index is 0.00000261. The zero-order valence-electron chi connectivity index (χ0n) is 16.6. The highest BCUT2D eigenvalue weighted by atomic mass is 35.5. The Labute approximate surface area is 168 Å². The molecule has 1 aliphatic carbocycles. The Hall–Kier alpha value is -1.59. The van der Waals surface area contributed by atoms with Crippen LogP contribution in [-0.2, 0) is 16.1 Å². The van der Waals surface area contributed by atoms with Crippen molar-refractivity contribution in [3.8, 4) is 0 Å². The van der Waals surface area contributed by atoms with Gasteiger partial charge < -0.3 is 15.5 Å². The highest BCUT2D eigenvalue weighted by Gasteiger charge is 2.49. The van der Waals surface area contributed by atoms with Gasteiger partial charge in [0.05, 0.1) is 5.41 Å². The van der Waals surface area contributed by atoms with Crippen LogP contribution in [0.4, 0.5) is 5.69 Å². The van der Waals surface area contributed by atoms with Gasteiger partial charge in [-0.25, -0.2) is 0 Å². The van der Waals surface area contributed by atoms with Crippen LogP contribution in [0.25, 0.3) is 0 Å². The number of rotatable bonds is 5. The average Bonchev–Trinajstić information content (AvgIpc) is 3.05. The number of anilines is 1. The Morgan fingerprint density at radius 3 is 2.59 bits per heavy atom. The van der Waals surface area contributed by atoms with E-state index in [9.17, 15) is 9.59 Å². The fourth-order valence-electron chi connectivity index (χ4n) is 4.49. The minimum Gasteiger partial charge on any atom is -0.336 e. The predicted octanol–water partition coefficient (Wildman–Crippen LogP) is 3.58. The highest BCUT2D eigenvalue weighted by molar-refractivity contribution is 5.96. The van der Waals surface area contributed by atoms with Crippen LogP contribution in [0.15, 0.2) is 24.3 Å². The lowest BCUT2D eigenvalue weighted by molar-refractivity contribution is -0.131. The number of benzene rings is 1. The van der Waals surface area contributed by atoms with Crippen molar-refractivity contribution in [3.05, 3.63) is 29.8 Å². The van der Waals surface area contributed by atoms with Crippen molar-refractivity contribution in [2.24, 2.45) is 11.3 Å². The summed E-state index contributed by atoms with van der Waals surface area (Å²) in [6.07, 6.45) is 4.51. The summed E-state index contributed by atoms with van der Waals surface area (Å²) in [5.74, 6) is 0.701. The van der Waals surface area contributed by atoms with E-state index in [1.807, 2.05) is 43.0 Å². The van der Waals surface area contributed by atoms with E-state index in [1.165, 1.54) is 6.42 Å². The van der Waals surface area contributed by atoms with Crippen LogP contribution in [0.2, 0.25) is 0 Å². The summed E-state index contributed by atoms with van der Waals surface area (Å²) in [4.78, 5) is 26.6.